The summed E-state index contributed by atoms with van der Waals surface area (Å²) in [6, 6.07) is 0. The Kier molecular flexibility index (Phi) is 9.67. The maximum Gasteiger partial charge on any atom is 0.506 e. The fraction of sp³-hybridized carbons (Fsp3) is 0.914. The Labute approximate surface area is 235 Å². The fourth-order valence-corrected chi connectivity index (χ4v) is 10.3. The van der Waals surface area contributed by atoms with Crippen molar-refractivity contribution in [2.75, 3.05) is 0 Å². The first-order valence-corrected chi connectivity index (χ1v) is 16.7. The minimum atomic E-state index is -1.08. The van der Waals surface area contributed by atoms with Gasteiger partial charge in [-0.25, -0.2) is 4.79 Å². The van der Waals surface area contributed by atoms with Gasteiger partial charge in [0.2, 0.25) is 0 Å². The summed E-state index contributed by atoms with van der Waals surface area (Å²) in [4.78, 5) is 11.8. The number of hydrogen-bond donors (Lipinski definition) is 1. The molecule has 1 unspecified atom stereocenters. The summed E-state index contributed by atoms with van der Waals surface area (Å²) < 4.78 is 5.76. The summed E-state index contributed by atoms with van der Waals surface area (Å²) in [5.41, 5.74) is 1.80. The molecule has 0 aromatic rings. The maximum atomic E-state index is 11.8. The van der Waals surface area contributed by atoms with Crippen LogP contribution in [0.15, 0.2) is 11.6 Å². The van der Waals surface area contributed by atoms with Gasteiger partial charge in [0, 0.05) is 6.42 Å². The van der Waals surface area contributed by atoms with Gasteiger partial charge in [-0.2, -0.15) is 0 Å². The van der Waals surface area contributed by atoms with E-state index >= 15 is 0 Å². The van der Waals surface area contributed by atoms with E-state index in [-0.39, 0.29) is 5.41 Å². The van der Waals surface area contributed by atoms with Crippen LogP contribution in [0.4, 0.5) is 4.79 Å². The highest BCUT2D eigenvalue weighted by Crippen LogP contribution is 2.68. The number of ether oxygens (including phenoxy) is 1. The molecule has 3 saturated carbocycles. The third-order valence-electron chi connectivity index (χ3n) is 12.5. The average molecular weight is 529 g/mol. The van der Waals surface area contributed by atoms with Crippen molar-refractivity contribution in [3.63, 3.8) is 0 Å². The van der Waals surface area contributed by atoms with Crippen LogP contribution in [0, 0.1) is 46.3 Å². The molecule has 0 amide bonds. The number of carboxylic acid groups (broad SMARTS) is 1. The standard InChI is InChI=1S/C35H60O3/c1-7-8-9-10-11-20-35(38-32(36)37)23-22-33(5)27(24-35)15-16-28-30-18-17-29(26(4)14-12-13-25(2)3)34(30,6)21-19-31(28)33/h15,25-26,28-31H,7-14,16-24H2,1-6H3,(H,36,37)/t26-,28+,29-,30+,31+,33+,34-,35?/m1/s1. The van der Waals surface area contributed by atoms with Crippen molar-refractivity contribution in [1.82, 2.24) is 0 Å². The lowest BCUT2D eigenvalue weighted by atomic mass is 9.46. The molecule has 0 aliphatic heterocycles. The second kappa shape index (κ2) is 12.3. The Morgan fingerprint density at radius 3 is 2.45 bits per heavy atom. The normalized spacial score (nSPS) is 39.2. The van der Waals surface area contributed by atoms with E-state index < -0.39 is 11.8 Å². The van der Waals surface area contributed by atoms with Crippen LogP contribution in [0.3, 0.4) is 0 Å². The SMILES string of the molecule is CCCCCCCC1(OC(=O)O)CC[C@@]2(C)C(=CC[C@H]3[C@@H]4CC[C@H]([C@H](C)CCCC(C)C)[C@@]4(C)CC[C@@H]32)C1. The molecular formula is C35H60O3. The smallest absolute Gasteiger partial charge is 0.450 e. The lowest BCUT2D eigenvalue weighted by molar-refractivity contribution is -0.0877. The number of allylic oxidation sites excluding steroid dienone is 1. The zero-order valence-electron chi connectivity index (χ0n) is 25.8. The van der Waals surface area contributed by atoms with Crippen molar-refractivity contribution < 1.29 is 14.6 Å². The van der Waals surface area contributed by atoms with Crippen molar-refractivity contribution in [2.24, 2.45) is 46.3 Å². The molecular weight excluding hydrogens is 468 g/mol. The van der Waals surface area contributed by atoms with Crippen LogP contribution in [0.5, 0.6) is 0 Å². The first-order chi connectivity index (χ1) is 18.0. The summed E-state index contributed by atoms with van der Waals surface area (Å²) in [6.45, 7) is 14.8. The summed E-state index contributed by atoms with van der Waals surface area (Å²) in [6.07, 6.45) is 22.3. The molecule has 0 aromatic carbocycles. The zero-order chi connectivity index (χ0) is 27.6. The Balaban J connectivity index is 1.46. The van der Waals surface area contributed by atoms with Crippen molar-refractivity contribution in [1.29, 1.82) is 0 Å². The Morgan fingerprint density at radius 1 is 0.974 bits per heavy atom. The number of unbranched alkanes of at least 4 members (excludes halogenated alkanes) is 4. The molecule has 38 heavy (non-hydrogen) atoms. The van der Waals surface area contributed by atoms with E-state index in [4.69, 9.17) is 4.74 Å². The highest BCUT2D eigenvalue weighted by Gasteiger charge is 2.60. The molecule has 0 saturated heterocycles. The van der Waals surface area contributed by atoms with Gasteiger partial charge in [-0.05, 0) is 104 Å². The third kappa shape index (κ3) is 6.02. The van der Waals surface area contributed by atoms with Gasteiger partial charge in [-0.1, -0.05) is 98.1 Å². The maximum absolute atomic E-state index is 11.8. The molecule has 1 N–H and O–H groups in total. The second-order valence-corrected chi connectivity index (χ2v) is 15.2. The van der Waals surface area contributed by atoms with E-state index in [1.54, 1.807) is 5.57 Å². The van der Waals surface area contributed by atoms with Gasteiger partial charge in [0.25, 0.3) is 0 Å². The molecule has 0 bridgehead atoms. The molecule has 4 aliphatic rings. The van der Waals surface area contributed by atoms with E-state index in [0.717, 1.165) is 67.6 Å². The van der Waals surface area contributed by atoms with Crippen LogP contribution in [-0.2, 0) is 4.74 Å². The summed E-state index contributed by atoms with van der Waals surface area (Å²) >= 11 is 0. The zero-order valence-corrected chi connectivity index (χ0v) is 25.8. The van der Waals surface area contributed by atoms with E-state index in [0.29, 0.717) is 5.41 Å². The van der Waals surface area contributed by atoms with Gasteiger partial charge in [-0.3, -0.25) is 0 Å². The van der Waals surface area contributed by atoms with E-state index in [9.17, 15) is 9.90 Å². The lowest BCUT2D eigenvalue weighted by Gasteiger charge is -2.59. The average Bonchev–Trinajstić information content (AvgIpc) is 3.21. The van der Waals surface area contributed by atoms with Crippen LogP contribution in [0.25, 0.3) is 0 Å². The molecule has 0 aromatic heterocycles. The predicted octanol–water partition coefficient (Wildman–Crippen LogP) is 10.8. The molecule has 4 aliphatic carbocycles. The molecule has 0 radical (unpaired) electrons. The summed E-state index contributed by atoms with van der Waals surface area (Å²) in [7, 11) is 0. The van der Waals surface area contributed by atoms with Crippen LogP contribution in [-0.4, -0.2) is 16.9 Å². The number of rotatable bonds is 12. The Bertz CT molecular complexity index is 831. The molecule has 4 rings (SSSR count). The largest absolute Gasteiger partial charge is 0.506 e. The number of carbonyl (C=O) groups is 1. The number of fused-ring (bicyclic) bond motifs is 5. The van der Waals surface area contributed by atoms with Crippen LogP contribution < -0.4 is 0 Å². The third-order valence-corrected chi connectivity index (χ3v) is 12.5. The highest BCUT2D eigenvalue weighted by atomic mass is 16.7. The van der Waals surface area contributed by atoms with E-state index in [2.05, 4.69) is 47.6 Å². The molecule has 3 heteroatoms. The van der Waals surface area contributed by atoms with Gasteiger partial charge < -0.3 is 9.84 Å². The Hall–Kier alpha value is -0.990. The topological polar surface area (TPSA) is 46.5 Å². The molecule has 0 spiro atoms. The van der Waals surface area contributed by atoms with Gasteiger partial charge in [0.05, 0.1) is 0 Å². The van der Waals surface area contributed by atoms with Crippen LogP contribution >= 0.6 is 0 Å². The number of hydrogen-bond acceptors (Lipinski definition) is 2. The first-order valence-electron chi connectivity index (χ1n) is 16.7. The minimum absolute atomic E-state index is 0.235. The molecule has 3 fully saturated rings. The predicted molar refractivity (Wildman–Crippen MR) is 158 cm³/mol. The van der Waals surface area contributed by atoms with Crippen molar-refractivity contribution in [2.45, 2.75) is 156 Å². The highest BCUT2D eigenvalue weighted by molar-refractivity contribution is 5.58. The van der Waals surface area contributed by atoms with Crippen molar-refractivity contribution in [3.8, 4) is 0 Å². The fourth-order valence-electron chi connectivity index (χ4n) is 10.3. The van der Waals surface area contributed by atoms with Crippen molar-refractivity contribution >= 4 is 6.16 Å². The lowest BCUT2D eigenvalue weighted by Crippen LogP contribution is -2.53. The molecule has 8 atom stereocenters. The summed E-state index contributed by atoms with van der Waals surface area (Å²) in [5.74, 6) is 5.03. The quantitative estimate of drug-likeness (QED) is 0.156. The van der Waals surface area contributed by atoms with Crippen molar-refractivity contribution in [3.05, 3.63) is 11.6 Å². The van der Waals surface area contributed by atoms with Gasteiger partial charge >= 0.3 is 6.16 Å². The monoisotopic (exact) mass is 528 g/mol. The molecule has 218 valence electrons. The first kappa shape index (κ1) is 30.0. The van der Waals surface area contributed by atoms with Crippen LogP contribution in [0.1, 0.15) is 151 Å². The Morgan fingerprint density at radius 2 is 1.74 bits per heavy atom. The van der Waals surface area contributed by atoms with E-state index in [1.807, 2.05) is 0 Å². The van der Waals surface area contributed by atoms with Gasteiger partial charge in [0.15, 0.2) is 0 Å². The molecule has 3 nitrogen and oxygen atoms in total. The van der Waals surface area contributed by atoms with E-state index in [1.165, 1.54) is 77.0 Å². The van der Waals surface area contributed by atoms with Crippen LogP contribution in [0.2, 0.25) is 0 Å². The summed E-state index contributed by atoms with van der Waals surface area (Å²) in [5, 5.41) is 9.66. The van der Waals surface area contributed by atoms with Gasteiger partial charge in [0.1, 0.15) is 5.60 Å². The molecule has 0 heterocycles. The minimum Gasteiger partial charge on any atom is -0.450 e. The second-order valence-electron chi connectivity index (χ2n) is 15.2. The van der Waals surface area contributed by atoms with Gasteiger partial charge in [-0.15, -0.1) is 0 Å².